The summed E-state index contributed by atoms with van der Waals surface area (Å²) in [6.07, 6.45) is -1.58. The molecule has 1 atom stereocenters. The maximum atomic E-state index is 13.5. The monoisotopic (exact) mass is 342 g/mol. The van der Waals surface area contributed by atoms with Crippen LogP contribution in [0.15, 0.2) is 36.7 Å². The Labute approximate surface area is 137 Å². The molecule has 1 aliphatic heterocycles. The zero-order chi connectivity index (χ0) is 17.2. The van der Waals surface area contributed by atoms with Crippen LogP contribution >= 0.6 is 0 Å². The lowest BCUT2D eigenvalue weighted by atomic mass is 10.0. The molecular weight excluding hydrogens is 324 g/mol. The summed E-state index contributed by atoms with van der Waals surface area (Å²) in [6, 6.07) is 6.20. The number of aromatic nitrogens is 2. The number of hydrogen-bond acceptors (Lipinski definition) is 3. The van der Waals surface area contributed by atoms with E-state index >= 15 is 0 Å². The number of piperazine rings is 1. The number of benzene rings is 1. The number of rotatable bonds is 4. The summed E-state index contributed by atoms with van der Waals surface area (Å²) in [6.45, 7) is 1.22. The number of nitrogens with one attached hydrogen (secondary N) is 1. The van der Waals surface area contributed by atoms with E-state index in [0.717, 1.165) is 16.7 Å². The van der Waals surface area contributed by atoms with Crippen molar-refractivity contribution in [2.75, 3.05) is 19.6 Å². The average molecular weight is 342 g/mol. The molecule has 0 radical (unpaired) electrons. The second-order valence-corrected chi connectivity index (χ2v) is 5.83. The Morgan fingerprint density at radius 2 is 2.12 bits per heavy atom. The molecule has 2 aromatic rings. The van der Waals surface area contributed by atoms with E-state index in [0.29, 0.717) is 18.9 Å². The standard InChI is InChI=1S/C16H18F4N4/c17-13-3-1-2-12(8-13)14-9-21-4-6-23(14)10-15-22-5-7-24(15)11-16(18,19)20/h1-3,5,7-8,14,21H,4,6,9-11H2. The second kappa shape index (κ2) is 6.90. The molecule has 1 fully saturated rings. The lowest BCUT2D eigenvalue weighted by Crippen LogP contribution is -2.46. The number of halogens is 4. The van der Waals surface area contributed by atoms with Crippen LogP contribution in [0.25, 0.3) is 0 Å². The lowest BCUT2D eigenvalue weighted by Gasteiger charge is -2.36. The molecule has 0 spiro atoms. The number of nitrogens with zero attached hydrogens (tertiary/aromatic N) is 3. The van der Waals surface area contributed by atoms with Gasteiger partial charge in [0.05, 0.1) is 6.54 Å². The van der Waals surface area contributed by atoms with Crippen LogP contribution in [0.4, 0.5) is 17.6 Å². The van der Waals surface area contributed by atoms with Crippen LogP contribution in [0.5, 0.6) is 0 Å². The van der Waals surface area contributed by atoms with Crippen molar-refractivity contribution in [3.63, 3.8) is 0 Å². The van der Waals surface area contributed by atoms with Crippen molar-refractivity contribution in [2.45, 2.75) is 25.3 Å². The third-order valence-electron chi connectivity index (χ3n) is 4.08. The number of alkyl halides is 3. The van der Waals surface area contributed by atoms with Crippen molar-refractivity contribution in [3.05, 3.63) is 53.9 Å². The Bertz CT molecular complexity index is 683. The minimum absolute atomic E-state index is 0.106. The van der Waals surface area contributed by atoms with E-state index in [1.165, 1.54) is 24.5 Å². The molecule has 4 nitrogen and oxygen atoms in total. The third-order valence-corrected chi connectivity index (χ3v) is 4.08. The Hall–Kier alpha value is -1.93. The van der Waals surface area contributed by atoms with Crippen LogP contribution in [-0.4, -0.2) is 40.3 Å². The zero-order valence-corrected chi connectivity index (χ0v) is 12.9. The smallest absolute Gasteiger partial charge is 0.325 e. The summed E-state index contributed by atoms with van der Waals surface area (Å²) in [4.78, 5) is 6.10. The molecule has 0 aliphatic carbocycles. The molecule has 1 aliphatic rings. The van der Waals surface area contributed by atoms with Gasteiger partial charge >= 0.3 is 6.18 Å². The van der Waals surface area contributed by atoms with Gasteiger partial charge in [-0.1, -0.05) is 12.1 Å². The van der Waals surface area contributed by atoms with E-state index in [9.17, 15) is 17.6 Å². The molecule has 3 rings (SSSR count). The summed E-state index contributed by atoms with van der Waals surface area (Å²) in [5.41, 5.74) is 0.802. The Kier molecular flexibility index (Phi) is 4.86. The predicted molar refractivity (Wildman–Crippen MR) is 80.7 cm³/mol. The third kappa shape index (κ3) is 4.12. The van der Waals surface area contributed by atoms with Gasteiger partial charge in [0.2, 0.25) is 0 Å². The first-order valence-electron chi connectivity index (χ1n) is 7.69. The molecule has 130 valence electrons. The molecule has 24 heavy (non-hydrogen) atoms. The van der Waals surface area contributed by atoms with Gasteiger partial charge in [-0.2, -0.15) is 13.2 Å². The van der Waals surface area contributed by atoms with Crippen LogP contribution in [0.1, 0.15) is 17.4 Å². The molecule has 0 saturated carbocycles. The van der Waals surface area contributed by atoms with Crippen molar-refractivity contribution in [2.24, 2.45) is 0 Å². The fourth-order valence-electron chi connectivity index (χ4n) is 2.99. The van der Waals surface area contributed by atoms with Gasteiger partial charge in [0.15, 0.2) is 0 Å². The molecule has 8 heteroatoms. The van der Waals surface area contributed by atoms with E-state index < -0.39 is 12.7 Å². The van der Waals surface area contributed by atoms with E-state index in [1.807, 2.05) is 11.0 Å². The van der Waals surface area contributed by atoms with E-state index in [4.69, 9.17) is 0 Å². The number of imidazole rings is 1. The molecule has 2 heterocycles. The lowest BCUT2D eigenvalue weighted by molar-refractivity contribution is -0.141. The van der Waals surface area contributed by atoms with Gasteiger partial charge in [-0.25, -0.2) is 9.37 Å². The summed E-state index contributed by atoms with van der Waals surface area (Å²) in [7, 11) is 0. The SMILES string of the molecule is Fc1cccc(C2CNCCN2Cc2nccn2CC(F)(F)F)c1. The fraction of sp³-hybridized carbons (Fsp3) is 0.438. The summed E-state index contributed by atoms with van der Waals surface area (Å²) in [5.74, 6) is 0.0345. The van der Waals surface area contributed by atoms with Crippen molar-refractivity contribution in [3.8, 4) is 0 Å². The molecule has 0 amide bonds. The quantitative estimate of drug-likeness (QED) is 0.868. The molecule has 0 bridgehead atoms. The molecule has 1 unspecified atom stereocenters. The Balaban J connectivity index is 1.79. The first-order valence-corrected chi connectivity index (χ1v) is 7.69. The van der Waals surface area contributed by atoms with Gasteiger partial charge in [0, 0.05) is 38.1 Å². The topological polar surface area (TPSA) is 33.1 Å². The van der Waals surface area contributed by atoms with Crippen LogP contribution in [0, 0.1) is 5.82 Å². The molecule has 1 aromatic carbocycles. The number of hydrogen-bond donors (Lipinski definition) is 1. The van der Waals surface area contributed by atoms with E-state index in [1.54, 1.807) is 6.07 Å². The summed E-state index contributed by atoms with van der Waals surface area (Å²) in [5, 5.41) is 3.24. The Morgan fingerprint density at radius 1 is 1.29 bits per heavy atom. The summed E-state index contributed by atoms with van der Waals surface area (Å²) >= 11 is 0. The first-order chi connectivity index (χ1) is 11.4. The summed E-state index contributed by atoms with van der Waals surface area (Å²) < 4.78 is 52.6. The molecule has 1 saturated heterocycles. The van der Waals surface area contributed by atoms with E-state index in [-0.39, 0.29) is 18.4 Å². The van der Waals surface area contributed by atoms with Gasteiger partial charge in [0.1, 0.15) is 18.2 Å². The van der Waals surface area contributed by atoms with E-state index in [2.05, 4.69) is 10.3 Å². The van der Waals surface area contributed by atoms with Crippen LogP contribution in [0.3, 0.4) is 0 Å². The van der Waals surface area contributed by atoms with Gasteiger partial charge in [-0.15, -0.1) is 0 Å². The van der Waals surface area contributed by atoms with Crippen molar-refractivity contribution < 1.29 is 17.6 Å². The highest BCUT2D eigenvalue weighted by atomic mass is 19.4. The van der Waals surface area contributed by atoms with Gasteiger partial charge in [0.25, 0.3) is 0 Å². The first kappa shape index (κ1) is 16.9. The highest BCUT2D eigenvalue weighted by Crippen LogP contribution is 2.25. The molecular formula is C16H18F4N4. The average Bonchev–Trinajstić information content (AvgIpc) is 2.93. The van der Waals surface area contributed by atoms with Crippen LogP contribution < -0.4 is 5.32 Å². The molecule has 1 aromatic heterocycles. The second-order valence-electron chi connectivity index (χ2n) is 5.83. The maximum Gasteiger partial charge on any atom is 0.406 e. The minimum atomic E-state index is -4.29. The maximum absolute atomic E-state index is 13.5. The molecule has 1 N–H and O–H groups in total. The highest BCUT2D eigenvalue weighted by Gasteiger charge is 2.30. The van der Waals surface area contributed by atoms with Gasteiger partial charge < -0.3 is 9.88 Å². The minimum Gasteiger partial charge on any atom is -0.325 e. The highest BCUT2D eigenvalue weighted by molar-refractivity contribution is 5.21. The Morgan fingerprint density at radius 3 is 2.88 bits per heavy atom. The normalized spacial score (nSPS) is 19.6. The van der Waals surface area contributed by atoms with Crippen molar-refractivity contribution in [1.82, 2.24) is 19.8 Å². The van der Waals surface area contributed by atoms with Crippen molar-refractivity contribution in [1.29, 1.82) is 0 Å². The van der Waals surface area contributed by atoms with Crippen LogP contribution in [0.2, 0.25) is 0 Å². The van der Waals surface area contributed by atoms with Crippen molar-refractivity contribution >= 4 is 0 Å². The predicted octanol–water partition coefficient (Wildman–Crippen LogP) is 2.73. The van der Waals surface area contributed by atoms with Gasteiger partial charge in [-0.3, -0.25) is 4.90 Å². The van der Waals surface area contributed by atoms with Gasteiger partial charge in [-0.05, 0) is 17.7 Å². The fourth-order valence-corrected chi connectivity index (χ4v) is 2.99. The van der Waals surface area contributed by atoms with Crippen LogP contribution in [-0.2, 0) is 13.1 Å². The zero-order valence-electron chi connectivity index (χ0n) is 12.9. The largest absolute Gasteiger partial charge is 0.406 e.